The molecule has 2 aliphatic heterocycles. The van der Waals surface area contributed by atoms with Crippen LogP contribution in [0.3, 0.4) is 0 Å². The Balaban J connectivity index is 1.60. The monoisotopic (exact) mass is 239 g/mol. The summed E-state index contributed by atoms with van der Waals surface area (Å²) in [7, 11) is 0. The highest BCUT2D eigenvalue weighted by molar-refractivity contribution is 4.93. The van der Waals surface area contributed by atoms with Crippen LogP contribution in [0.5, 0.6) is 0 Å². The molecule has 3 rings (SSSR count). The van der Waals surface area contributed by atoms with Crippen LogP contribution in [-0.2, 0) is 9.47 Å². The molecule has 17 heavy (non-hydrogen) atoms. The maximum absolute atomic E-state index is 6.02. The summed E-state index contributed by atoms with van der Waals surface area (Å²) in [6, 6.07) is 0.467. The van der Waals surface area contributed by atoms with Gasteiger partial charge in [0.05, 0.1) is 12.2 Å². The van der Waals surface area contributed by atoms with Gasteiger partial charge in [-0.25, -0.2) is 0 Å². The number of ether oxygens (including phenoxy) is 2. The van der Waals surface area contributed by atoms with Crippen LogP contribution in [0.1, 0.15) is 44.9 Å². The van der Waals surface area contributed by atoms with Crippen molar-refractivity contribution in [1.82, 2.24) is 0 Å². The van der Waals surface area contributed by atoms with Gasteiger partial charge in [-0.15, -0.1) is 0 Å². The predicted molar refractivity (Wildman–Crippen MR) is 66.8 cm³/mol. The fourth-order valence-electron chi connectivity index (χ4n) is 3.95. The molecule has 98 valence electrons. The van der Waals surface area contributed by atoms with Crippen LogP contribution in [0.15, 0.2) is 0 Å². The zero-order chi connectivity index (χ0) is 11.7. The van der Waals surface area contributed by atoms with Crippen LogP contribution in [-0.4, -0.2) is 31.5 Å². The van der Waals surface area contributed by atoms with E-state index in [0.29, 0.717) is 6.04 Å². The van der Waals surface area contributed by atoms with E-state index in [1.807, 2.05) is 0 Å². The van der Waals surface area contributed by atoms with E-state index in [4.69, 9.17) is 15.2 Å². The number of rotatable bonds is 1. The molecule has 0 aromatic rings. The first-order chi connectivity index (χ1) is 8.27. The van der Waals surface area contributed by atoms with Crippen LogP contribution < -0.4 is 5.73 Å². The Morgan fingerprint density at radius 1 is 0.941 bits per heavy atom. The van der Waals surface area contributed by atoms with Gasteiger partial charge >= 0.3 is 0 Å². The molecular formula is C14H25NO2. The van der Waals surface area contributed by atoms with Gasteiger partial charge in [-0.3, -0.25) is 0 Å². The third kappa shape index (κ3) is 2.51. The second-order valence-corrected chi connectivity index (χ2v) is 6.26. The van der Waals surface area contributed by atoms with E-state index in [1.54, 1.807) is 0 Å². The van der Waals surface area contributed by atoms with Crippen molar-refractivity contribution in [3.8, 4) is 0 Å². The molecule has 3 nitrogen and oxygen atoms in total. The SMILES string of the molecule is NC1CCC(C2CCOC3(CCOC3)C2)CC1. The maximum Gasteiger partial charge on any atom is 0.0939 e. The fourth-order valence-corrected chi connectivity index (χ4v) is 3.95. The quantitative estimate of drug-likeness (QED) is 0.762. The van der Waals surface area contributed by atoms with E-state index >= 15 is 0 Å². The molecule has 1 aliphatic carbocycles. The lowest BCUT2D eigenvalue weighted by molar-refractivity contribution is -0.109. The van der Waals surface area contributed by atoms with Crippen molar-refractivity contribution in [2.75, 3.05) is 19.8 Å². The molecule has 3 aliphatic rings. The van der Waals surface area contributed by atoms with Gasteiger partial charge in [0, 0.05) is 25.7 Å². The van der Waals surface area contributed by atoms with Gasteiger partial charge in [0.15, 0.2) is 0 Å². The zero-order valence-electron chi connectivity index (χ0n) is 10.7. The second-order valence-electron chi connectivity index (χ2n) is 6.26. The lowest BCUT2D eigenvalue weighted by atomic mass is 9.71. The minimum absolute atomic E-state index is 0.0858. The van der Waals surface area contributed by atoms with Crippen molar-refractivity contribution in [3.63, 3.8) is 0 Å². The van der Waals surface area contributed by atoms with Crippen LogP contribution in [0.25, 0.3) is 0 Å². The summed E-state index contributed by atoms with van der Waals surface area (Å²) >= 11 is 0. The third-order valence-electron chi connectivity index (χ3n) is 5.08. The molecule has 0 radical (unpaired) electrons. The Labute approximate surface area is 104 Å². The Bertz CT molecular complexity index is 255. The molecule has 1 spiro atoms. The van der Waals surface area contributed by atoms with Gasteiger partial charge in [-0.1, -0.05) is 0 Å². The molecule has 2 atom stereocenters. The van der Waals surface area contributed by atoms with Crippen LogP contribution in [0.4, 0.5) is 0 Å². The smallest absolute Gasteiger partial charge is 0.0939 e. The van der Waals surface area contributed by atoms with Crippen molar-refractivity contribution in [2.45, 2.75) is 56.6 Å². The molecule has 3 heteroatoms. The molecular weight excluding hydrogens is 214 g/mol. The minimum atomic E-state index is 0.0858. The molecule has 0 aromatic heterocycles. The molecule has 0 bridgehead atoms. The summed E-state index contributed by atoms with van der Waals surface area (Å²) in [5.41, 5.74) is 6.08. The van der Waals surface area contributed by atoms with Crippen LogP contribution in [0, 0.1) is 11.8 Å². The first-order valence-electron chi connectivity index (χ1n) is 7.25. The predicted octanol–water partition coefficient (Wildman–Crippen LogP) is 2.09. The van der Waals surface area contributed by atoms with E-state index in [9.17, 15) is 0 Å². The van der Waals surface area contributed by atoms with Gasteiger partial charge < -0.3 is 15.2 Å². The third-order valence-corrected chi connectivity index (χ3v) is 5.08. The zero-order valence-corrected chi connectivity index (χ0v) is 10.7. The van der Waals surface area contributed by atoms with Gasteiger partial charge in [-0.05, 0) is 50.4 Å². The van der Waals surface area contributed by atoms with E-state index in [1.165, 1.54) is 38.5 Å². The molecule has 2 saturated heterocycles. The number of hydrogen-bond donors (Lipinski definition) is 1. The van der Waals surface area contributed by atoms with Crippen molar-refractivity contribution in [2.24, 2.45) is 17.6 Å². The molecule has 0 amide bonds. The van der Waals surface area contributed by atoms with Crippen LogP contribution >= 0.6 is 0 Å². The summed E-state index contributed by atoms with van der Waals surface area (Å²) in [6.45, 7) is 2.66. The molecule has 1 saturated carbocycles. The molecule has 2 N–H and O–H groups in total. The van der Waals surface area contributed by atoms with Crippen molar-refractivity contribution >= 4 is 0 Å². The summed E-state index contributed by atoms with van der Waals surface area (Å²) in [5, 5.41) is 0. The Hall–Kier alpha value is -0.120. The lowest BCUT2D eigenvalue weighted by Gasteiger charge is -2.42. The summed E-state index contributed by atoms with van der Waals surface area (Å²) in [5.74, 6) is 1.76. The van der Waals surface area contributed by atoms with E-state index in [2.05, 4.69) is 0 Å². The molecule has 2 unspecified atom stereocenters. The summed E-state index contributed by atoms with van der Waals surface area (Å²) < 4.78 is 11.6. The lowest BCUT2D eigenvalue weighted by Crippen LogP contribution is -2.43. The highest BCUT2D eigenvalue weighted by Crippen LogP contribution is 2.42. The summed E-state index contributed by atoms with van der Waals surface area (Å²) in [6.07, 6.45) is 8.72. The van der Waals surface area contributed by atoms with Gasteiger partial charge in [0.25, 0.3) is 0 Å². The second kappa shape index (κ2) is 4.87. The Kier molecular flexibility index (Phi) is 3.42. The first kappa shape index (κ1) is 11.9. The van der Waals surface area contributed by atoms with Crippen LogP contribution in [0.2, 0.25) is 0 Å². The fraction of sp³-hybridized carbons (Fsp3) is 1.00. The highest BCUT2D eigenvalue weighted by atomic mass is 16.6. The largest absolute Gasteiger partial charge is 0.378 e. The summed E-state index contributed by atoms with van der Waals surface area (Å²) in [4.78, 5) is 0. The van der Waals surface area contributed by atoms with E-state index in [-0.39, 0.29) is 5.60 Å². The molecule has 2 heterocycles. The molecule has 0 aromatic carbocycles. The maximum atomic E-state index is 6.02. The van der Waals surface area contributed by atoms with Gasteiger partial charge in [0.1, 0.15) is 0 Å². The minimum Gasteiger partial charge on any atom is -0.378 e. The number of hydrogen-bond acceptors (Lipinski definition) is 3. The topological polar surface area (TPSA) is 44.5 Å². The van der Waals surface area contributed by atoms with Crippen molar-refractivity contribution in [3.05, 3.63) is 0 Å². The van der Waals surface area contributed by atoms with Gasteiger partial charge in [-0.2, -0.15) is 0 Å². The normalized spacial score (nSPS) is 47.5. The van der Waals surface area contributed by atoms with E-state index in [0.717, 1.165) is 38.1 Å². The molecule has 3 fully saturated rings. The van der Waals surface area contributed by atoms with Crippen molar-refractivity contribution < 1.29 is 9.47 Å². The number of nitrogens with two attached hydrogens (primary N) is 1. The Morgan fingerprint density at radius 3 is 2.47 bits per heavy atom. The Morgan fingerprint density at radius 2 is 1.76 bits per heavy atom. The first-order valence-corrected chi connectivity index (χ1v) is 7.25. The average Bonchev–Trinajstić information content (AvgIpc) is 2.78. The van der Waals surface area contributed by atoms with E-state index < -0.39 is 0 Å². The van der Waals surface area contributed by atoms with Crippen molar-refractivity contribution in [1.29, 1.82) is 0 Å². The average molecular weight is 239 g/mol. The highest BCUT2D eigenvalue weighted by Gasteiger charge is 2.43. The van der Waals surface area contributed by atoms with Gasteiger partial charge in [0.2, 0.25) is 0 Å². The standard InChI is InChI=1S/C14H25NO2/c15-13-3-1-11(2-4-13)12-5-7-17-14(9-12)6-8-16-10-14/h11-13H,1-10,15H2.